The molecule has 17 heavy (non-hydrogen) atoms. The second-order valence-corrected chi connectivity index (χ2v) is 5.79. The number of carbonyl (C=O) groups excluding carboxylic acids is 1. The van der Waals surface area contributed by atoms with E-state index in [1.807, 2.05) is 7.05 Å². The van der Waals surface area contributed by atoms with E-state index in [2.05, 4.69) is 37.5 Å². The second-order valence-electron chi connectivity index (χ2n) is 5.79. The molecule has 0 saturated carbocycles. The topological polar surface area (TPSA) is 49.6 Å². The molecule has 2 unspecified atom stereocenters. The van der Waals surface area contributed by atoms with Crippen LogP contribution in [0.2, 0.25) is 0 Å². The molecule has 1 rings (SSSR count). The highest BCUT2D eigenvalue weighted by Crippen LogP contribution is 2.28. The summed E-state index contributed by atoms with van der Waals surface area (Å²) in [6.07, 6.45) is 1.74. The van der Waals surface area contributed by atoms with Gasteiger partial charge in [0.1, 0.15) is 0 Å². The Morgan fingerprint density at radius 3 is 2.59 bits per heavy atom. The number of hydrogen-bond donors (Lipinski definition) is 1. The molecule has 0 aromatic rings. The maximum atomic E-state index is 12.6. The van der Waals surface area contributed by atoms with Crippen molar-refractivity contribution in [3.8, 4) is 0 Å². The van der Waals surface area contributed by atoms with E-state index < -0.39 is 0 Å². The molecule has 1 fully saturated rings. The zero-order valence-electron chi connectivity index (χ0n) is 11.9. The van der Waals surface area contributed by atoms with Gasteiger partial charge in [-0.15, -0.1) is 0 Å². The predicted molar refractivity (Wildman–Crippen MR) is 70.8 cm³/mol. The van der Waals surface area contributed by atoms with Gasteiger partial charge in [-0.3, -0.25) is 9.69 Å². The number of amides is 1. The SMILES string of the molecule is CCC(C)N1C(=O)C(CCN)N(C)CC1(C)C. The molecule has 100 valence electrons. The van der Waals surface area contributed by atoms with Crippen LogP contribution in [-0.2, 0) is 4.79 Å². The number of hydrogen-bond acceptors (Lipinski definition) is 3. The fourth-order valence-electron chi connectivity index (χ4n) is 2.94. The second kappa shape index (κ2) is 5.36. The van der Waals surface area contributed by atoms with E-state index in [1.165, 1.54) is 0 Å². The smallest absolute Gasteiger partial charge is 0.240 e. The number of rotatable bonds is 4. The van der Waals surface area contributed by atoms with Crippen molar-refractivity contribution in [2.75, 3.05) is 20.1 Å². The zero-order valence-corrected chi connectivity index (χ0v) is 11.9. The molecule has 4 heteroatoms. The monoisotopic (exact) mass is 241 g/mol. The highest BCUT2D eigenvalue weighted by atomic mass is 16.2. The molecule has 0 spiro atoms. The molecule has 1 saturated heterocycles. The molecule has 1 aliphatic heterocycles. The minimum atomic E-state index is -0.0909. The minimum Gasteiger partial charge on any atom is -0.332 e. The first-order valence-electron chi connectivity index (χ1n) is 6.58. The van der Waals surface area contributed by atoms with Crippen molar-refractivity contribution in [1.82, 2.24) is 9.80 Å². The summed E-state index contributed by atoms with van der Waals surface area (Å²) in [5.74, 6) is 0.239. The molecule has 1 amide bonds. The van der Waals surface area contributed by atoms with Gasteiger partial charge >= 0.3 is 0 Å². The highest BCUT2D eigenvalue weighted by Gasteiger charge is 2.44. The summed E-state index contributed by atoms with van der Waals surface area (Å²) in [6, 6.07) is 0.258. The molecule has 4 nitrogen and oxygen atoms in total. The molecule has 2 N–H and O–H groups in total. The number of nitrogens with two attached hydrogens (primary N) is 1. The Morgan fingerprint density at radius 2 is 2.12 bits per heavy atom. The van der Waals surface area contributed by atoms with Crippen molar-refractivity contribution >= 4 is 5.91 Å². The fraction of sp³-hybridized carbons (Fsp3) is 0.923. The van der Waals surface area contributed by atoms with Crippen LogP contribution in [0.1, 0.15) is 40.5 Å². The molecule has 0 aromatic heterocycles. The molecule has 0 bridgehead atoms. The maximum Gasteiger partial charge on any atom is 0.240 e. The van der Waals surface area contributed by atoms with Crippen molar-refractivity contribution in [2.24, 2.45) is 5.73 Å². The van der Waals surface area contributed by atoms with E-state index in [4.69, 9.17) is 5.73 Å². The number of nitrogens with zero attached hydrogens (tertiary/aromatic N) is 2. The van der Waals surface area contributed by atoms with Gasteiger partial charge in [-0.2, -0.15) is 0 Å². The van der Waals surface area contributed by atoms with Crippen LogP contribution in [0.4, 0.5) is 0 Å². The van der Waals surface area contributed by atoms with Crippen molar-refractivity contribution in [3.05, 3.63) is 0 Å². The summed E-state index contributed by atoms with van der Waals surface area (Å²) < 4.78 is 0. The Kier molecular flexibility index (Phi) is 4.55. The van der Waals surface area contributed by atoms with Gasteiger partial charge in [-0.05, 0) is 47.2 Å². The molecule has 0 aromatic carbocycles. The lowest BCUT2D eigenvalue weighted by molar-refractivity contribution is -0.154. The number of likely N-dealkylation sites (N-methyl/N-ethyl adjacent to an activating group) is 1. The average Bonchev–Trinajstić information content (AvgIpc) is 2.22. The van der Waals surface area contributed by atoms with Gasteiger partial charge in [0, 0.05) is 12.6 Å². The van der Waals surface area contributed by atoms with Gasteiger partial charge < -0.3 is 10.6 Å². The first-order chi connectivity index (χ1) is 7.85. The Bertz CT molecular complexity index is 278. The van der Waals surface area contributed by atoms with Gasteiger partial charge in [0.15, 0.2) is 0 Å². The molecular formula is C13H27N3O. The largest absolute Gasteiger partial charge is 0.332 e. The van der Waals surface area contributed by atoms with Gasteiger partial charge in [0.05, 0.1) is 11.6 Å². The first-order valence-corrected chi connectivity index (χ1v) is 6.58. The Morgan fingerprint density at radius 1 is 1.53 bits per heavy atom. The Labute approximate surface area is 105 Å². The molecule has 1 aliphatic rings. The third-order valence-electron chi connectivity index (χ3n) is 3.81. The molecular weight excluding hydrogens is 214 g/mol. The third kappa shape index (κ3) is 2.80. The lowest BCUT2D eigenvalue weighted by Gasteiger charge is -2.52. The minimum absolute atomic E-state index is 0.0398. The predicted octanol–water partition coefficient (Wildman–Crippen LogP) is 1.05. The third-order valence-corrected chi connectivity index (χ3v) is 3.81. The van der Waals surface area contributed by atoms with Crippen LogP contribution < -0.4 is 5.73 Å². The van der Waals surface area contributed by atoms with Crippen LogP contribution in [0, 0.1) is 0 Å². The molecule has 0 aliphatic carbocycles. The van der Waals surface area contributed by atoms with E-state index >= 15 is 0 Å². The van der Waals surface area contributed by atoms with Crippen molar-refractivity contribution in [3.63, 3.8) is 0 Å². The maximum absolute atomic E-state index is 12.6. The summed E-state index contributed by atoms with van der Waals surface area (Å²) in [6.45, 7) is 10.0. The van der Waals surface area contributed by atoms with Crippen molar-refractivity contribution in [1.29, 1.82) is 0 Å². The molecule has 0 radical (unpaired) electrons. The Hall–Kier alpha value is -0.610. The van der Waals surface area contributed by atoms with E-state index in [-0.39, 0.29) is 17.5 Å². The summed E-state index contributed by atoms with van der Waals surface area (Å²) in [7, 11) is 2.02. The van der Waals surface area contributed by atoms with E-state index in [0.717, 1.165) is 19.4 Å². The number of piperazine rings is 1. The van der Waals surface area contributed by atoms with Gasteiger partial charge in [0.25, 0.3) is 0 Å². The highest BCUT2D eigenvalue weighted by molar-refractivity contribution is 5.83. The summed E-state index contributed by atoms with van der Waals surface area (Å²) >= 11 is 0. The fourth-order valence-corrected chi connectivity index (χ4v) is 2.94. The summed E-state index contributed by atoms with van der Waals surface area (Å²) in [5.41, 5.74) is 5.52. The van der Waals surface area contributed by atoms with E-state index in [1.54, 1.807) is 0 Å². The van der Waals surface area contributed by atoms with Crippen LogP contribution >= 0.6 is 0 Å². The van der Waals surface area contributed by atoms with E-state index in [0.29, 0.717) is 12.6 Å². The first kappa shape index (κ1) is 14.5. The van der Waals surface area contributed by atoms with Crippen LogP contribution in [0.25, 0.3) is 0 Å². The van der Waals surface area contributed by atoms with Crippen LogP contribution in [0.5, 0.6) is 0 Å². The van der Waals surface area contributed by atoms with Gasteiger partial charge in [-0.25, -0.2) is 0 Å². The molecule has 1 heterocycles. The Balaban J connectivity index is 2.96. The molecule has 2 atom stereocenters. The zero-order chi connectivity index (χ0) is 13.2. The van der Waals surface area contributed by atoms with Crippen molar-refractivity contribution in [2.45, 2.75) is 58.2 Å². The lowest BCUT2D eigenvalue weighted by atomic mass is 9.91. The van der Waals surface area contributed by atoms with Crippen LogP contribution in [0.15, 0.2) is 0 Å². The normalized spacial score (nSPS) is 27.3. The standard InChI is InChI=1S/C13H27N3O/c1-6-10(2)16-12(17)11(7-8-14)15(5)9-13(16,3)4/h10-11H,6-9,14H2,1-5H3. The van der Waals surface area contributed by atoms with Crippen LogP contribution in [-0.4, -0.2) is 53.5 Å². The summed E-state index contributed by atoms with van der Waals surface area (Å²) in [5, 5.41) is 0. The van der Waals surface area contributed by atoms with Crippen LogP contribution in [0.3, 0.4) is 0 Å². The average molecular weight is 241 g/mol. The van der Waals surface area contributed by atoms with E-state index in [9.17, 15) is 4.79 Å². The lowest BCUT2D eigenvalue weighted by Crippen LogP contribution is -2.67. The number of carbonyl (C=O) groups is 1. The van der Waals surface area contributed by atoms with Gasteiger partial charge in [-0.1, -0.05) is 6.92 Å². The van der Waals surface area contributed by atoms with Crippen molar-refractivity contribution < 1.29 is 4.79 Å². The quantitative estimate of drug-likeness (QED) is 0.800. The van der Waals surface area contributed by atoms with Gasteiger partial charge in [0.2, 0.25) is 5.91 Å². The summed E-state index contributed by atoms with van der Waals surface area (Å²) in [4.78, 5) is 16.8.